The SMILES string of the molecule is CC/C=C/CCCC(=O)NC[N+](C)(C)CNC(=O)CCC/C=C/CC. The molecule has 5 heteroatoms. The highest BCUT2D eigenvalue weighted by Crippen LogP contribution is 2.00. The predicted molar refractivity (Wildman–Crippen MR) is 105 cm³/mol. The third kappa shape index (κ3) is 15.6. The van der Waals surface area contributed by atoms with Gasteiger partial charge in [0.2, 0.25) is 11.8 Å². The molecule has 0 aromatic heterocycles. The zero-order valence-corrected chi connectivity index (χ0v) is 16.6. The maximum Gasteiger partial charge on any atom is 0.224 e. The zero-order chi connectivity index (χ0) is 19.0. The molecule has 0 atom stereocenters. The van der Waals surface area contributed by atoms with Gasteiger partial charge in [-0.25, -0.2) is 0 Å². The number of nitrogens with zero attached hydrogens (tertiary/aromatic N) is 1. The Kier molecular flexibility index (Phi) is 13.7. The Hall–Kier alpha value is -1.62. The minimum Gasteiger partial charge on any atom is -0.309 e. The molecule has 0 spiro atoms. The van der Waals surface area contributed by atoms with Crippen molar-refractivity contribution in [3.8, 4) is 0 Å². The van der Waals surface area contributed by atoms with Crippen LogP contribution < -0.4 is 10.6 Å². The molecule has 25 heavy (non-hydrogen) atoms. The Morgan fingerprint density at radius 1 is 0.760 bits per heavy atom. The summed E-state index contributed by atoms with van der Waals surface area (Å²) in [6, 6.07) is 0. The third-order valence-corrected chi connectivity index (χ3v) is 3.76. The second kappa shape index (κ2) is 14.7. The van der Waals surface area contributed by atoms with Crippen LogP contribution in [-0.2, 0) is 9.59 Å². The summed E-state index contributed by atoms with van der Waals surface area (Å²) >= 11 is 0. The van der Waals surface area contributed by atoms with Gasteiger partial charge >= 0.3 is 0 Å². The standard InChI is InChI=1S/C20H37N3O2/c1-5-7-9-11-13-15-19(24)21-17-23(3,4)18-22-20(25)16-14-12-10-8-6-2/h7-10H,5-6,11-18H2,1-4H3,(H-,21,22,24,25)/p+1/b9-7+,10-8+. The van der Waals surface area contributed by atoms with E-state index in [-0.39, 0.29) is 11.8 Å². The fraction of sp³-hybridized carbons (Fsp3) is 0.700. The predicted octanol–water partition coefficient (Wildman–Crippen LogP) is 3.48. The fourth-order valence-electron chi connectivity index (χ4n) is 2.17. The van der Waals surface area contributed by atoms with Crippen molar-refractivity contribution in [1.29, 1.82) is 0 Å². The lowest BCUT2D eigenvalue weighted by atomic mass is 10.2. The summed E-state index contributed by atoms with van der Waals surface area (Å²) < 4.78 is 0.531. The van der Waals surface area contributed by atoms with E-state index in [1.54, 1.807) is 0 Å². The maximum absolute atomic E-state index is 11.8. The van der Waals surface area contributed by atoms with Crippen LogP contribution in [0.3, 0.4) is 0 Å². The van der Waals surface area contributed by atoms with E-state index in [1.807, 2.05) is 14.1 Å². The van der Waals surface area contributed by atoms with Gasteiger partial charge in [-0.15, -0.1) is 0 Å². The van der Waals surface area contributed by atoms with E-state index in [0.29, 0.717) is 30.7 Å². The average molecular weight is 353 g/mol. The first-order chi connectivity index (χ1) is 11.9. The molecule has 0 unspecified atom stereocenters. The molecule has 0 aliphatic heterocycles. The zero-order valence-electron chi connectivity index (χ0n) is 16.6. The third-order valence-electron chi connectivity index (χ3n) is 3.76. The van der Waals surface area contributed by atoms with Gasteiger partial charge in [0.1, 0.15) is 0 Å². The highest BCUT2D eigenvalue weighted by molar-refractivity contribution is 5.76. The lowest BCUT2D eigenvalue weighted by Gasteiger charge is -2.29. The molecule has 0 aliphatic carbocycles. The van der Waals surface area contributed by atoms with Crippen LogP contribution in [0.25, 0.3) is 0 Å². The van der Waals surface area contributed by atoms with Gasteiger partial charge in [-0.05, 0) is 38.5 Å². The van der Waals surface area contributed by atoms with Crippen molar-refractivity contribution in [2.75, 3.05) is 27.4 Å². The average Bonchev–Trinajstić information content (AvgIpc) is 2.58. The van der Waals surface area contributed by atoms with Gasteiger partial charge in [-0.1, -0.05) is 38.2 Å². The molecular weight excluding hydrogens is 314 g/mol. The molecule has 0 fully saturated rings. The summed E-state index contributed by atoms with van der Waals surface area (Å²) in [5.74, 6) is 0.148. The molecule has 0 aliphatic rings. The second-order valence-corrected chi connectivity index (χ2v) is 7.00. The van der Waals surface area contributed by atoms with Crippen LogP contribution in [0.15, 0.2) is 24.3 Å². The van der Waals surface area contributed by atoms with Crippen molar-refractivity contribution in [3.05, 3.63) is 24.3 Å². The molecule has 0 saturated carbocycles. The lowest BCUT2D eigenvalue weighted by molar-refractivity contribution is -0.893. The molecule has 0 bridgehead atoms. The molecule has 0 aromatic carbocycles. The number of amides is 2. The van der Waals surface area contributed by atoms with E-state index in [2.05, 4.69) is 48.8 Å². The van der Waals surface area contributed by atoms with Crippen molar-refractivity contribution < 1.29 is 14.1 Å². The highest BCUT2D eigenvalue weighted by atomic mass is 16.2. The van der Waals surface area contributed by atoms with Gasteiger partial charge < -0.3 is 10.6 Å². The normalized spacial score (nSPS) is 12.0. The van der Waals surface area contributed by atoms with Crippen molar-refractivity contribution >= 4 is 11.8 Å². The molecule has 5 nitrogen and oxygen atoms in total. The summed E-state index contributed by atoms with van der Waals surface area (Å²) in [6.45, 7) is 5.24. The van der Waals surface area contributed by atoms with Gasteiger partial charge in [-0.3, -0.25) is 14.1 Å². The van der Waals surface area contributed by atoms with Crippen LogP contribution >= 0.6 is 0 Å². The Morgan fingerprint density at radius 2 is 1.16 bits per heavy atom. The number of nitrogens with one attached hydrogen (secondary N) is 2. The van der Waals surface area contributed by atoms with Crippen LogP contribution in [0.2, 0.25) is 0 Å². The largest absolute Gasteiger partial charge is 0.309 e. The number of hydrogen-bond acceptors (Lipinski definition) is 2. The Labute approximate surface area is 154 Å². The number of carbonyl (C=O) groups excluding carboxylic acids is 2. The molecule has 0 saturated heterocycles. The first-order valence-corrected chi connectivity index (χ1v) is 9.56. The number of hydrogen-bond donors (Lipinski definition) is 2. The molecule has 2 N–H and O–H groups in total. The number of rotatable bonds is 14. The van der Waals surface area contributed by atoms with Crippen LogP contribution in [0.1, 0.15) is 65.2 Å². The van der Waals surface area contributed by atoms with Crippen molar-refractivity contribution in [1.82, 2.24) is 10.6 Å². The molecule has 0 radical (unpaired) electrons. The molecule has 144 valence electrons. The van der Waals surface area contributed by atoms with Crippen LogP contribution in [0, 0.1) is 0 Å². The van der Waals surface area contributed by atoms with Crippen LogP contribution in [0.5, 0.6) is 0 Å². The Morgan fingerprint density at radius 3 is 1.52 bits per heavy atom. The molecule has 2 amide bonds. The lowest BCUT2D eigenvalue weighted by Crippen LogP contribution is -2.53. The van der Waals surface area contributed by atoms with E-state index in [1.165, 1.54) is 0 Å². The summed E-state index contributed by atoms with van der Waals surface area (Å²) in [7, 11) is 3.99. The number of allylic oxidation sites excluding steroid dienone is 4. The van der Waals surface area contributed by atoms with Crippen molar-refractivity contribution in [3.63, 3.8) is 0 Å². The Balaban J connectivity index is 3.84. The summed E-state index contributed by atoms with van der Waals surface area (Å²) in [6.07, 6.45) is 15.3. The maximum atomic E-state index is 11.8. The van der Waals surface area contributed by atoms with E-state index >= 15 is 0 Å². The van der Waals surface area contributed by atoms with Gasteiger partial charge in [0.15, 0.2) is 13.3 Å². The first kappa shape index (κ1) is 23.4. The first-order valence-electron chi connectivity index (χ1n) is 9.56. The van der Waals surface area contributed by atoms with Gasteiger partial charge in [0.05, 0.1) is 14.1 Å². The van der Waals surface area contributed by atoms with Gasteiger partial charge in [0.25, 0.3) is 0 Å². The fourth-order valence-corrected chi connectivity index (χ4v) is 2.17. The number of quaternary nitrogens is 1. The molecule has 0 aromatic rings. The van der Waals surface area contributed by atoms with E-state index < -0.39 is 0 Å². The quantitative estimate of drug-likeness (QED) is 0.218. The van der Waals surface area contributed by atoms with E-state index in [9.17, 15) is 9.59 Å². The highest BCUT2D eigenvalue weighted by Gasteiger charge is 2.17. The second-order valence-electron chi connectivity index (χ2n) is 7.00. The summed E-state index contributed by atoms with van der Waals surface area (Å²) in [4.78, 5) is 23.7. The van der Waals surface area contributed by atoms with Gasteiger partial charge in [0, 0.05) is 12.8 Å². The Bertz CT molecular complexity index is 391. The number of unbranched alkanes of at least 4 members (excludes halogenated alkanes) is 2. The molecular formula is C20H38N3O2+. The monoisotopic (exact) mass is 352 g/mol. The molecule has 0 heterocycles. The van der Waals surface area contributed by atoms with Crippen molar-refractivity contribution in [2.24, 2.45) is 0 Å². The smallest absolute Gasteiger partial charge is 0.224 e. The summed E-state index contributed by atoms with van der Waals surface area (Å²) in [5, 5.41) is 5.91. The topological polar surface area (TPSA) is 58.2 Å². The molecule has 0 rings (SSSR count). The van der Waals surface area contributed by atoms with Gasteiger partial charge in [-0.2, -0.15) is 0 Å². The van der Waals surface area contributed by atoms with E-state index in [0.717, 1.165) is 38.5 Å². The summed E-state index contributed by atoms with van der Waals surface area (Å²) in [5.41, 5.74) is 0. The minimum atomic E-state index is 0.0742. The van der Waals surface area contributed by atoms with E-state index in [4.69, 9.17) is 0 Å². The van der Waals surface area contributed by atoms with Crippen molar-refractivity contribution in [2.45, 2.75) is 65.2 Å². The minimum absolute atomic E-state index is 0.0742. The van der Waals surface area contributed by atoms with Crippen LogP contribution in [0.4, 0.5) is 0 Å². The number of carbonyl (C=O) groups is 2. The van der Waals surface area contributed by atoms with Crippen LogP contribution in [-0.4, -0.2) is 43.7 Å².